The zero-order chi connectivity index (χ0) is 13.8. The highest BCUT2D eigenvalue weighted by Gasteiger charge is 2.21. The molecule has 1 N–H and O–H groups in total. The van der Waals surface area contributed by atoms with Gasteiger partial charge in [0.2, 0.25) is 0 Å². The predicted molar refractivity (Wildman–Crippen MR) is 81.1 cm³/mol. The van der Waals surface area contributed by atoms with E-state index < -0.39 is 0 Å². The second-order valence-electron chi connectivity index (χ2n) is 6.48. The highest BCUT2D eigenvalue weighted by atomic mass is 14.9. The Bertz CT molecular complexity index is 362. The fourth-order valence-electron chi connectivity index (χ4n) is 2.32. The van der Waals surface area contributed by atoms with Gasteiger partial charge in [-0.2, -0.15) is 0 Å². The van der Waals surface area contributed by atoms with Gasteiger partial charge in [-0.1, -0.05) is 44.5 Å². The maximum atomic E-state index is 3.66. The molecule has 1 heteroatoms. The second-order valence-corrected chi connectivity index (χ2v) is 6.48. The van der Waals surface area contributed by atoms with E-state index in [9.17, 15) is 0 Å². The average Bonchev–Trinajstić information content (AvgIpc) is 2.29. The molecule has 2 unspecified atom stereocenters. The summed E-state index contributed by atoms with van der Waals surface area (Å²) < 4.78 is 0. The molecule has 0 saturated carbocycles. The highest BCUT2D eigenvalue weighted by Crippen LogP contribution is 2.29. The largest absolute Gasteiger partial charge is 0.311 e. The van der Waals surface area contributed by atoms with E-state index in [2.05, 4.69) is 71.1 Å². The molecule has 0 heterocycles. The van der Waals surface area contributed by atoms with Gasteiger partial charge in [0.25, 0.3) is 0 Å². The number of hydrogen-bond acceptors (Lipinski definition) is 1. The first-order chi connectivity index (χ1) is 8.35. The van der Waals surface area contributed by atoms with Crippen molar-refractivity contribution in [1.82, 2.24) is 5.32 Å². The second kappa shape index (κ2) is 6.38. The monoisotopic (exact) mass is 247 g/mol. The molecule has 0 spiro atoms. The third-order valence-electron chi connectivity index (χ3n) is 3.77. The molecule has 0 saturated heterocycles. The number of benzene rings is 1. The molecular formula is C17H29N. The summed E-state index contributed by atoms with van der Waals surface area (Å²) in [6.07, 6.45) is 1.23. The van der Waals surface area contributed by atoms with Crippen molar-refractivity contribution in [2.45, 2.75) is 59.4 Å². The van der Waals surface area contributed by atoms with Crippen LogP contribution in [0.1, 0.15) is 58.1 Å². The van der Waals surface area contributed by atoms with Gasteiger partial charge < -0.3 is 5.32 Å². The van der Waals surface area contributed by atoms with Crippen molar-refractivity contribution in [2.75, 3.05) is 6.54 Å². The Kier molecular flexibility index (Phi) is 5.40. The smallest absolute Gasteiger partial charge is 0.00967 e. The van der Waals surface area contributed by atoms with Crippen LogP contribution >= 0.6 is 0 Å². The van der Waals surface area contributed by atoms with Crippen LogP contribution < -0.4 is 5.32 Å². The Morgan fingerprint density at radius 3 is 2.28 bits per heavy atom. The molecule has 0 amide bonds. The Labute approximate surface area is 113 Å². The van der Waals surface area contributed by atoms with E-state index >= 15 is 0 Å². The van der Waals surface area contributed by atoms with Crippen molar-refractivity contribution in [1.29, 1.82) is 0 Å². The lowest BCUT2D eigenvalue weighted by atomic mass is 9.83. The lowest BCUT2D eigenvalue weighted by molar-refractivity contribution is 0.355. The van der Waals surface area contributed by atoms with Crippen molar-refractivity contribution in [2.24, 2.45) is 5.92 Å². The van der Waals surface area contributed by atoms with Crippen molar-refractivity contribution >= 4 is 0 Å². The van der Waals surface area contributed by atoms with Crippen molar-refractivity contribution < 1.29 is 0 Å². The number of aryl methyl sites for hydroxylation is 1. The minimum atomic E-state index is 0.189. The van der Waals surface area contributed by atoms with Gasteiger partial charge in [0.05, 0.1) is 0 Å². The highest BCUT2D eigenvalue weighted by molar-refractivity contribution is 5.30. The van der Waals surface area contributed by atoms with Gasteiger partial charge in [-0.25, -0.2) is 0 Å². The SMILES string of the molecule is CCC(C)C(CNC(C)(C)C)c1ccccc1C. The van der Waals surface area contributed by atoms with E-state index in [1.165, 1.54) is 17.5 Å². The van der Waals surface area contributed by atoms with Crippen LogP contribution in [0, 0.1) is 12.8 Å². The third kappa shape index (κ3) is 4.45. The normalized spacial score (nSPS) is 15.4. The van der Waals surface area contributed by atoms with Gasteiger partial charge >= 0.3 is 0 Å². The van der Waals surface area contributed by atoms with E-state index in [4.69, 9.17) is 0 Å². The molecule has 18 heavy (non-hydrogen) atoms. The first kappa shape index (κ1) is 15.2. The van der Waals surface area contributed by atoms with Crippen LogP contribution in [-0.2, 0) is 0 Å². The van der Waals surface area contributed by atoms with E-state index in [-0.39, 0.29) is 5.54 Å². The molecule has 1 nitrogen and oxygen atoms in total. The van der Waals surface area contributed by atoms with Gasteiger partial charge in [0, 0.05) is 12.1 Å². The third-order valence-corrected chi connectivity index (χ3v) is 3.77. The molecule has 0 aliphatic carbocycles. The van der Waals surface area contributed by atoms with E-state index in [1.807, 2.05) is 0 Å². The topological polar surface area (TPSA) is 12.0 Å². The number of nitrogens with one attached hydrogen (secondary N) is 1. The molecule has 0 aliphatic rings. The van der Waals surface area contributed by atoms with Gasteiger partial charge in [-0.3, -0.25) is 0 Å². The molecular weight excluding hydrogens is 218 g/mol. The first-order valence-corrected chi connectivity index (χ1v) is 7.15. The molecule has 0 aliphatic heterocycles. The quantitative estimate of drug-likeness (QED) is 0.807. The van der Waals surface area contributed by atoms with Gasteiger partial charge in [0.1, 0.15) is 0 Å². The van der Waals surface area contributed by atoms with Crippen LogP contribution in [0.4, 0.5) is 0 Å². The number of hydrogen-bond donors (Lipinski definition) is 1. The molecule has 102 valence electrons. The zero-order valence-corrected chi connectivity index (χ0v) is 12.9. The van der Waals surface area contributed by atoms with Gasteiger partial charge in [-0.05, 0) is 50.7 Å². The fourth-order valence-corrected chi connectivity index (χ4v) is 2.32. The summed E-state index contributed by atoms with van der Waals surface area (Å²) in [7, 11) is 0. The van der Waals surface area contributed by atoms with Crippen LogP contribution in [0.15, 0.2) is 24.3 Å². The molecule has 0 bridgehead atoms. The minimum Gasteiger partial charge on any atom is -0.311 e. The van der Waals surface area contributed by atoms with Crippen LogP contribution in [0.2, 0.25) is 0 Å². The molecule has 0 aromatic heterocycles. The molecule has 1 aromatic rings. The summed E-state index contributed by atoms with van der Waals surface area (Å²) in [5.41, 5.74) is 3.11. The average molecular weight is 247 g/mol. The van der Waals surface area contributed by atoms with Crippen molar-refractivity contribution in [3.05, 3.63) is 35.4 Å². The molecule has 2 atom stereocenters. The summed E-state index contributed by atoms with van der Waals surface area (Å²) in [5, 5.41) is 3.66. The Morgan fingerprint density at radius 1 is 1.17 bits per heavy atom. The van der Waals surface area contributed by atoms with Crippen LogP contribution in [0.25, 0.3) is 0 Å². The predicted octanol–water partition coefficient (Wildman–Crippen LogP) is 4.51. The lowest BCUT2D eigenvalue weighted by Gasteiger charge is -2.30. The Morgan fingerprint density at radius 2 is 1.78 bits per heavy atom. The van der Waals surface area contributed by atoms with E-state index in [0.717, 1.165) is 6.54 Å². The summed E-state index contributed by atoms with van der Waals surface area (Å²) in [6.45, 7) is 14.6. The molecule has 1 rings (SSSR count). The molecule has 1 aromatic carbocycles. The summed E-state index contributed by atoms with van der Waals surface area (Å²) in [4.78, 5) is 0. The Balaban J connectivity index is 2.89. The summed E-state index contributed by atoms with van der Waals surface area (Å²) in [6, 6.07) is 8.80. The molecule has 0 radical (unpaired) electrons. The zero-order valence-electron chi connectivity index (χ0n) is 12.9. The van der Waals surface area contributed by atoms with Crippen LogP contribution in [0.5, 0.6) is 0 Å². The maximum Gasteiger partial charge on any atom is 0.00967 e. The number of rotatable bonds is 5. The van der Waals surface area contributed by atoms with Gasteiger partial charge in [-0.15, -0.1) is 0 Å². The van der Waals surface area contributed by atoms with Crippen molar-refractivity contribution in [3.63, 3.8) is 0 Å². The van der Waals surface area contributed by atoms with Crippen LogP contribution in [0.3, 0.4) is 0 Å². The van der Waals surface area contributed by atoms with Crippen molar-refractivity contribution in [3.8, 4) is 0 Å². The van der Waals surface area contributed by atoms with E-state index in [1.54, 1.807) is 0 Å². The van der Waals surface area contributed by atoms with Gasteiger partial charge in [0.15, 0.2) is 0 Å². The van der Waals surface area contributed by atoms with E-state index in [0.29, 0.717) is 11.8 Å². The minimum absolute atomic E-state index is 0.189. The molecule has 0 fully saturated rings. The van der Waals surface area contributed by atoms with Crippen LogP contribution in [-0.4, -0.2) is 12.1 Å². The maximum absolute atomic E-state index is 3.66. The summed E-state index contributed by atoms with van der Waals surface area (Å²) >= 11 is 0. The Hall–Kier alpha value is -0.820. The standard InChI is InChI=1S/C17H29N/c1-7-13(2)16(12-18-17(4,5)6)15-11-9-8-10-14(15)3/h8-11,13,16,18H,7,12H2,1-6H3. The lowest BCUT2D eigenvalue weighted by Crippen LogP contribution is -2.39. The summed E-state index contributed by atoms with van der Waals surface area (Å²) in [5.74, 6) is 1.32. The first-order valence-electron chi connectivity index (χ1n) is 7.15. The fraction of sp³-hybridized carbons (Fsp3) is 0.647.